The van der Waals surface area contributed by atoms with Crippen LogP contribution >= 0.6 is 23.2 Å². The zero-order chi connectivity index (χ0) is 27.4. The van der Waals surface area contributed by atoms with E-state index in [1.807, 2.05) is 0 Å². The van der Waals surface area contributed by atoms with E-state index >= 15 is 0 Å². The van der Waals surface area contributed by atoms with Gasteiger partial charge in [0.05, 0.1) is 19.5 Å². The number of rotatable bonds is 4. The highest BCUT2D eigenvalue weighted by atomic mass is 35.5. The molecule has 4 rings (SSSR count). The van der Waals surface area contributed by atoms with Gasteiger partial charge < -0.3 is 19.6 Å². The molecule has 2 aromatic rings. The smallest absolute Gasteiger partial charge is 0.358 e. The van der Waals surface area contributed by atoms with Gasteiger partial charge in [0.25, 0.3) is 11.8 Å². The number of anilines is 2. The van der Waals surface area contributed by atoms with Crippen molar-refractivity contribution in [1.82, 2.24) is 19.9 Å². The summed E-state index contributed by atoms with van der Waals surface area (Å²) in [6.07, 6.45) is 1.25. The van der Waals surface area contributed by atoms with Gasteiger partial charge in [-0.2, -0.15) is 0 Å². The number of carbonyl (C=O) groups excluding carboxylic acids is 1. The second-order valence-corrected chi connectivity index (χ2v) is 8.94. The number of carboxylic acids is 1. The van der Waals surface area contributed by atoms with Crippen molar-refractivity contribution in [3.05, 3.63) is 34.1 Å². The number of carbonyl (C=O) groups is 2. The third-order valence-electron chi connectivity index (χ3n) is 5.63. The second-order valence-electron chi connectivity index (χ2n) is 8.22. The van der Waals surface area contributed by atoms with Crippen molar-refractivity contribution >= 4 is 46.8 Å². The van der Waals surface area contributed by atoms with E-state index < -0.39 is 23.8 Å². The molecular weight excluding hydrogens is 547 g/mol. The minimum Gasteiger partial charge on any atom is -0.476 e. The first-order valence-electron chi connectivity index (χ1n) is 10.9. The largest absolute Gasteiger partial charge is 0.476 e. The molecule has 0 amide bonds. The molecule has 0 atom stereocenters. The molecule has 10 nitrogen and oxygen atoms in total. The van der Waals surface area contributed by atoms with Gasteiger partial charge in [0.1, 0.15) is 0 Å². The molecule has 4 heterocycles. The molecular formula is C21H22Cl2F4N6O4. The van der Waals surface area contributed by atoms with Crippen LogP contribution in [0.15, 0.2) is 12.4 Å². The van der Waals surface area contributed by atoms with Crippen LogP contribution in [0.25, 0.3) is 0 Å². The Kier molecular flexibility index (Phi) is 8.95. The van der Waals surface area contributed by atoms with E-state index in [4.69, 9.17) is 28.3 Å². The first kappa shape index (κ1) is 28.6. The number of carboxylic acid groups (broad SMARTS) is 1. The number of hydrogen-bond acceptors (Lipinski definition) is 9. The van der Waals surface area contributed by atoms with Crippen LogP contribution in [-0.2, 0) is 4.74 Å². The lowest BCUT2D eigenvalue weighted by Gasteiger charge is -2.32. The van der Waals surface area contributed by atoms with E-state index in [0.717, 1.165) is 6.20 Å². The highest BCUT2D eigenvalue weighted by Crippen LogP contribution is 2.33. The third-order valence-corrected chi connectivity index (χ3v) is 6.13. The van der Waals surface area contributed by atoms with Gasteiger partial charge in [0.2, 0.25) is 0 Å². The Morgan fingerprint density at radius 1 is 0.838 bits per heavy atom. The molecule has 0 aliphatic carbocycles. The fourth-order valence-electron chi connectivity index (χ4n) is 3.54. The molecule has 0 saturated carbocycles. The standard InChI is InChI=1S/C11H12ClF2N3O2.C10H10ClF2N3O2/c1-19-10(18)7-6-15-9(8(12)16-7)17-4-2-11(13,14)3-5-17;11-7-8(14-5-6(15-7)9(17)18)16-3-1-10(12,13)2-4-16/h6H,2-5H2,1H3;5H,1-4H2,(H,17,18). The molecule has 37 heavy (non-hydrogen) atoms. The lowest BCUT2D eigenvalue weighted by Crippen LogP contribution is -2.40. The van der Waals surface area contributed by atoms with E-state index in [0.29, 0.717) is 5.82 Å². The van der Waals surface area contributed by atoms with Crippen molar-refractivity contribution in [2.75, 3.05) is 43.1 Å². The Morgan fingerprint density at radius 3 is 1.57 bits per heavy atom. The molecule has 0 aromatic carbocycles. The number of hydrogen-bond donors (Lipinski definition) is 1. The van der Waals surface area contributed by atoms with E-state index in [2.05, 4.69) is 24.7 Å². The quantitative estimate of drug-likeness (QED) is 0.423. The highest BCUT2D eigenvalue weighted by molar-refractivity contribution is 6.32. The lowest BCUT2D eigenvalue weighted by molar-refractivity contribution is -0.0227. The predicted molar refractivity (Wildman–Crippen MR) is 125 cm³/mol. The Labute approximate surface area is 218 Å². The highest BCUT2D eigenvalue weighted by Gasteiger charge is 2.36. The molecule has 0 bridgehead atoms. The fraction of sp³-hybridized carbons (Fsp3) is 0.524. The van der Waals surface area contributed by atoms with E-state index in [-0.39, 0.29) is 79.4 Å². The number of halogens is 6. The molecule has 2 aliphatic rings. The molecule has 0 spiro atoms. The van der Waals surface area contributed by atoms with Crippen molar-refractivity contribution < 1.29 is 37.0 Å². The molecule has 2 aliphatic heterocycles. The minimum atomic E-state index is -2.66. The van der Waals surface area contributed by atoms with Gasteiger partial charge in [-0.25, -0.2) is 47.1 Å². The van der Waals surface area contributed by atoms with Crippen LogP contribution in [0.5, 0.6) is 0 Å². The summed E-state index contributed by atoms with van der Waals surface area (Å²) in [7, 11) is 1.22. The van der Waals surface area contributed by atoms with Gasteiger partial charge in [0, 0.05) is 51.9 Å². The zero-order valence-electron chi connectivity index (χ0n) is 19.4. The Hall–Kier alpha value is -3.00. The molecule has 2 aromatic heterocycles. The average Bonchev–Trinajstić information content (AvgIpc) is 2.84. The number of ether oxygens (including phenoxy) is 1. The Balaban J connectivity index is 0.000000206. The van der Waals surface area contributed by atoms with Crippen molar-refractivity contribution in [1.29, 1.82) is 0 Å². The first-order valence-corrected chi connectivity index (χ1v) is 11.7. The Bertz CT molecular complexity index is 1140. The molecule has 2 saturated heterocycles. The number of alkyl halides is 4. The summed E-state index contributed by atoms with van der Waals surface area (Å²) in [5.74, 6) is -6.62. The van der Waals surface area contributed by atoms with E-state index in [1.165, 1.54) is 13.3 Å². The molecule has 1 N–H and O–H groups in total. The fourth-order valence-corrected chi connectivity index (χ4v) is 4.06. The topological polar surface area (TPSA) is 122 Å². The zero-order valence-corrected chi connectivity index (χ0v) is 20.9. The molecule has 16 heteroatoms. The van der Waals surface area contributed by atoms with Gasteiger partial charge >= 0.3 is 11.9 Å². The molecule has 2 fully saturated rings. The maximum atomic E-state index is 13.1. The summed E-state index contributed by atoms with van der Waals surface area (Å²) < 4.78 is 56.6. The molecule has 202 valence electrons. The number of methoxy groups -OCH3 is 1. The van der Waals surface area contributed by atoms with Crippen LogP contribution in [0.1, 0.15) is 46.7 Å². The number of esters is 1. The average molecular weight is 569 g/mol. The van der Waals surface area contributed by atoms with Gasteiger partial charge in [-0.1, -0.05) is 23.2 Å². The van der Waals surface area contributed by atoms with Crippen LogP contribution in [-0.4, -0.2) is 82.1 Å². The summed E-state index contributed by atoms with van der Waals surface area (Å²) in [4.78, 5) is 40.5. The van der Waals surface area contributed by atoms with Crippen LogP contribution in [0.3, 0.4) is 0 Å². The summed E-state index contributed by atoms with van der Waals surface area (Å²) in [5.41, 5.74) is -0.287. The number of nitrogens with zero attached hydrogens (tertiary/aromatic N) is 6. The predicted octanol–water partition coefficient (Wildman–Crippen LogP) is 4.22. The summed E-state index contributed by atoms with van der Waals surface area (Å²) in [6, 6.07) is 0. The van der Waals surface area contributed by atoms with Crippen LogP contribution in [0, 0.1) is 0 Å². The SMILES string of the molecule is COC(=O)c1cnc(N2CCC(F)(F)CC2)c(Cl)n1.O=C(O)c1cnc(N2CCC(F)(F)CC2)c(Cl)n1. The minimum absolute atomic E-state index is 0.00752. The van der Waals surface area contributed by atoms with Crippen molar-refractivity contribution in [3.8, 4) is 0 Å². The van der Waals surface area contributed by atoms with Crippen LogP contribution in [0.4, 0.5) is 29.2 Å². The number of aromatic carboxylic acids is 1. The van der Waals surface area contributed by atoms with Gasteiger partial charge in [-0.05, 0) is 0 Å². The molecule has 0 radical (unpaired) electrons. The maximum absolute atomic E-state index is 13.1. The van der Waals surface area contributed by atoms with Crippen molar-refractivity contribution in [2.45, 2.75) is 37.5 Å². The van der Waals surface area contributed by atoms with E-state index in [9.17, 15) is 27.2 Å². The maximum Gasteiger partial charge on any atom is 0.358 e. The lowest BCUT2D eigenvalue weighted by atomic mass is 10.1. The van der Waals surface area contributed by atoms with Gasteiger partial charge in [-0.3, -0.25) is 0 Å². The third kappa shape index (κ3) is 7.51. The second kappa shape index (κ2) is 11.6. The summed E-state index contributed by atoms with van der Waals surface area (Å²) >= 11 is 11.7. The van der Waals surface area contributed by atoms with Crippen molar-refractivity contribution in [3.63, 3.8) is 0 Å². The monoisotopic (exact) mass is 568 g/mol. The van der Waals surface area contributed by atoms with Gasteiger partial charge in [0.15, 0.2) is 33.3 Å². The number of piperidine rings is 2. The van der Waals surface area contributed by atoms with E-state index in [1.54, 1.807) is 9.80 Å². The van der Waals surface area contributed by atoms with Crippen LogP contribution < -0.4 is 9.80 Å². The first-order chi connectivity index (χ1) is 17.3. The molecule has 0 unspecified atom stereocenters. The van der Waals surface area contributed by atoms with Crippen molar-refractivity contribution in [2.24, 2.45) is 0 Å². The van der Waals surface area contributed by atoms with Crippen LogP contribution in [0.2, 0.25) is 10.3 Å². The van der Waals surface area contributed by atoms with Gasteiger partial charge in [-0.15, -0.1) is 0 Å². The number of aromatic nitrogens is 4. The Morgan fingerprint density at radius 2 is 1.22 bits per heavy atom. The normalized spacial score (nSPS) is 18.5. The summed E-state index contributed by atoms with van der Waals surface area (Å²) in [5, 5.41) is 8.63. The summed E-state index contributed by atoms with van der Waals surface area (Å²) in [6.45, 7) is 0.541.